The van der Waals surface area contributed by atoms with Gasteiger partial charge in [-0.2, -0.15) is 0 Å². The fraction of sp³-hybridized carbons (Fsp3) is 0.400. The van der Waals surface area contributed by atoms with Gasteiger partial charge in [0.05, 0.1) is 22.6 Å². The van der Waals surface area contributed by atoms with Gasteiger partial charge in [-0.15, -0.1) is 0 Å². The number of pyridine rings is 1. The van der Waals surface area contributed by atoms with Crippen LogP contribution in [0.5, 0.6) is 0 Å². The number of hydrogen-bond acceptors (Lipinski definition) is 7. The van der Waals surface area contributed by atoms with E-state index in [0.29, 0.717) is 23.1 Å². The largest absolute Gasteiger partial charge is 0.368 e. The molecule has 2 aliphatic rings. The Kier molecular flexibility index (Phi) is 5.85. The molecule has 2 N–H and O–H groups in total. The molecule has 180 valence electrons. The highest BCUT2D eigenvalue weighted by Crippen LogP contribution is 2.36. The van der Waals surface area contributed by atoms with Gasteiger partial charge in [-0.1, -0.05) is 18.0 Å². The molecule has 4 aromatic rings. The second-order valence-corrected chi connectivity index (χ2v) is 9.61. The summed E-state index contributed by atoms with van der Waals surface area (Å²) in [6, 6.07) is 5.99. The van der Waals surface area contributed by atoms with Crippen molar-refractivity contribution in [1.82, 2.24) is 29.8 Å². The zero-order valence-corrected chi connectivity index (χ0v) is 20.1. The molecule has 1 aliphatic carbocycles. The Morgan fingerprint density at radius 1 is 1.14 bits per heavy atom. The number of rotatable bonds is 6. The smallest absolute Gasteiger partial charge is 0.225 e. The van der Waals surface area contributed by atoms with E-state index < -0.39 is 0 Å². The lowest BCUT2D eigenvalue weighted by molar-refractivity contribution is -0.138. The van der Waals surface area contributed by atoms with Gasteiger partial charge in [-0.25, -0.2) is 15.0 Å². The number of piperazine rings is 1. The zero-order valence-electron chi connectivity index (χ0n) is 19.4. The number of anilines is 2. The van der Waals surface area contributed by atoms with E-state index in [1.807, 2.05) is 23.2 Å². The summed E-state index contributed by atoms with van der Waals surface area (Å²) in [7, 11) is 0. The predicted octanol–water partition coefficient (Wildman–Crippen LogP) is 3.66. The molecule has 35 heavy (non-hydrogen) atoms. The standard InChI is InChI=1S/C25H27ClN8O/c26-19-13-17(6-8-28-23-21-24(30-14-29-21)32-15-31-23)22(20-18(19)5-2-7-27-20)33-9-11-34(12-10-33)25(35)16-3-1-4-16/h2,5,7,13-16H,1,3-4,6,8-12H2,(H2,28,29,30,31,32). The van der Waals surface area contributed by atoms with Gasteiger partial charge in [0.2, 0.25) is 5.91 Å². The molecular weight excluding hydrogens is 464 g/mol. The molecular formula is C25H27ClN8O. The van der Waals surface area contributed by atoms with Crippen molar-refractivity contribution >= 4 is 51.1 Å². The number of halogens is 1. The van der Waals surface area contributed by atoms with Gasteiger partial charge in [-0.05, 0) is 43.0 Å². The summed E-state index contributed by atoms with van der Waals surface area (Å²) >= 11 is 6.69. The van der Waals surface area contributed by atoms with Crippen LogP contribution in [-0.2, 0) is 11.2 Å². The highest BCUT2D eigenvalue weighted by atomic mass is 35.5. The fourth-order valence-electron chi connectivity index (χ4n) is 5.06. The molecule has 9 nitrogen and oxygen atoms in total. The van der Waals surface area contributed by atoms with Gasteiger partial charge in [0.25, 0.3) is 0 Å². The Bertz CT molecular complexity index is 1380. The number of aromatic amines is 1. The third-order valence-corrected chi connectivity index (χ3v) is 7.48. The molecule has 3 aromatic heterocycles. The summed E-state index contributed by atoms with van der Waals surface area (Å²) in [5, 5.41) is 5.06. The van der Waals surface area contributed by atoms with Gasteiger partial charge < -0.3 is 20.1 Å². The minimum absolute atomic E-state index is 0.240. The zero-order chi connectivity index (χ0) is 23.8. The first-order chi connectivity index (χ1) is 17.2. The van der Waals surface area contributed by atoms with E-state index in [0.717, 1.165) is 78.9 Å². The van der Waals surface area contributed by atoms with Crippen LogP contribution in [0.3, 0.4) is 0 Å². The summed E-state index contributed by atoms with van der Waals surface area (Å²) in [5.41, 5.74) is 4.57. The van der Waals surface area contributed by atoms with Gasteiger partial charge in [-0.3, -0.25) is 9.78 Å². The summed E-state index contributed by atoms with van der Waals surface area (Å²) in [4.78, 5) is 37.7. The number of amides is 1. The number of imidazole rings is 1. The van der Waals surface area contributed by atoms with Crippen LogP contribution in [-0.4, -0.2) is 68.5 Å². The van der Waals surface area contributed by atoms with E-state index in [9.17, 15) is 4.79 Å². The first kappa shape index (κ1) is 22.0. The van der Waals surface area contributed by atoms with Crippen LogP contribution in [0.4, 0.5) is 11.5 Å². The molecule has 0 radical (unpaired) electrons. The van der Waals surface area contributed by atoms with Crippen molar-refractivity contribution in [3.05, 3.63) is 47.6 Å². The number of hydrogen-bond donors (Lipinski definition) is 2. The summed E-state index contributed by atoms with van der Waals surface area (Å²) < 4.78 is 0. The number of fused-ring (bicyclic) bond motifs is 2. The SMILES string of the molecule is O=C(C1CCC1)N1CCN(c2c(CCNc3ncnc4nc[nH]c34)cc(Cl)c3cccnc23)CC1. The van der Waals surface area contributed by atoms with Crippen LogP contribution in [0.25, 0.3) is 22.1 Å². The Labute approximate surface area is 207 Å². The Balaban J connectivity index is 1.24. The maximum absolute atomic E-state index is 12.7. The molecule has 0 bridgehead atoms. The average Bonchev–Trinajstić information content (AvgIpc) is 3.33. The van der Waals surface area contributed by atoms with Gasteiger partial charge in [0, 0.05) is 50.2 Å². The lowest BCUT2D eigenvalue weighted by Gasteiger charge is -2.40. The molecule has 6 rings (SSSR count). The second-order valence-electron chi connectivity index (χ2n) is 9.21. The predicted molar refractivity (Wildman–Crippen MR) is 137 cm³/mol. The topological polar surface area (TPSA) is 103 Å². The van der Waals surface area contributed by atoms with E-state index in [1.165, 1.54) is 12.7 Å². The van der Waals surface area contributed by atoms with Crippen LogP contribution in [0.15, 0.2) is 37.1 Å². The van der Waals surface area contributed by atoms with Gasteiger partial charge in [0.1, 0.15) is 11.8 Å². The van der Waals surface area contributed by atoms with Crippen molar-refractivity contribution in [3.63, 3.8) is 0 Å². The summed E-state index contributed by atoms with van der Waals surface area (Å²) in [6.45, 7) is 3.71. The Morgan fingerprint density at radius 2 is 2.00 bits per heavy atom. The number of aromatic nitrogens is 5. The molecule has 0 unspecified atom stereocenters. The number of nitrogens with zero attached hydrogens (tertiary/aromatic N) is 6. The fourth-order valence-corrected chi connectivity index (χ4v) is 5.34. The lowest BCUT2D eigenvalue weighted by Crippen LogP contribution is -2.51. The molecule has 1 aliphatic heterocycles. The first-order valence-corrected chi connectivity index (χ1v) is 12.5. The number of nitrogens with one attached hydrogen (secondary N) is 2. The first-order valence-electron chi connectivity index (χ1n) is 12.2. The van der Waals surface area contributed by atoms with Crippen molar-refractivity contribution in [2.45, 2.75) is 25.7 Å². The average molecular weight is 491 g/mol. The normalized spacial score (nSPS) is 16.6. The molecule has 1 saturated heterocycles. The van der Waals surface area contributed by atoms with E-state index >= 15 is 0 Å². The van der Waals surface area contributed by atoms with Crippen LogP contribution in [0.1, 0.15) is 24.8 Å². The molecule has 1 amide bonds. The molecule has 10 heteroatoms. The van der Waals surface area contributed by atoms with Crippen LogP contribution in [0, 0.1) is 5.92 Å². The minimum atomic E-state index is 0.240. The molecule has 1 aromatic carbocycles. The number of benzene rings is 1. The Hall–Kier alpha value is -3.46. The minimum Gasteiger partial charge on any atom is -0.368 e. The number of H-pyrrole nitrogens is 1. The third kappa shape index (κ3) is 4.14. The van der Waals surface area contributed by atoms with Crippen molar-refractivity contribution in [1.29, 1.82) is 0 Å². The van der Waals surface area contributed by atoms with Crippen LogP contribution < -0.4 is 10.2 Å². The van der Waals surface area contributed by atoms with E-state index in [-0.39, 0.29) is 5.92 Å². The van der Waals surface area contributed by atoms with Crippen LogP contribution in [0.2, 0.25) is 5.02 Å². The number of carbonyl (C=O) groups is 1. The molecule has 2 fully saturated rings. The highest BCUT2D eigenvalue weighted by Gasteiger charge is 2.32. The molecule has 0 spiro atoms. The summed E-state index contributed by atoms with van der Waals surface area (Å²) in [5.74, 6) is 1.29. The quantitative estimate of drug-likeness (QED) is 0.425. The highest BCUT2D eigenvalue weighted by molar-refractivity contribution is 6.36. The third-order valence-electron chi connectivity index (χ3n) is 7.17. The maximum Gasteiger partial charge on any atom is 0.225 e. The molecule has 0 atom stereocenters. The van der Waals surface area contributed by atoms with E-state index in [2.05, 4.69) is 36.2 Å². The van der Waals surface area contributed by atoms with E-state index in [1.54, 1.807) is 6.33 Å². The maximum atomic E-state index is 12.7. The second kappa shape index (κ2) is 9.30. The van der Waals surface area contributed by atoms with E-state index in [4.69, 9.17) is 16.6 Å². The number of carbonyl (C=O) groups excluding carboxylic acids is 1. The lowest BCUT2D eigenvalue weighted by atomic mass is 9.84. The van der Waals surface area contributed by atoms with Crippen molar-refractivity contribution in [2.75, 3.05) is 42.9 Å². The monoisotopic (exact) mass is 490 g/mol. The molecule has 1 saturated carbocycles. The van der Waals surface area contributed by atoms with Crippen molar-refractivity contribution in [3.8, 4) is 0 Å². The van der Waals surface area contributed by atoms with Crippen molar-refractivity contribution < 1.29 is 4.79 Å². The molecule has 4 heterocycles. The van der Waals surface area contributed by atoms with Gasteiger partial charge in [0.15, 0.2) is 11.5 Å². The van der Waals surface area contributed by atoms with Crippen LogP contribution >= 0.6 is 11.6 Å². The summed E-state index contributed by atoms with van der Waals surface area (Å²) in [6.07, 6.45) is 8.94. The van der Waals surface area contributed by atoms with Crippen molar-refractivity contribution in [2.24, 2.45) is 5.92 Å². The van der Waals surface area contributed by atoms with Gasteiger partial charge >= 0.3 is 0 Å². The Morgan fingerprint density at radius 3 is 2.80 bits per heavy atom.